The van der Waals surface area contributed by atoms with Gasteiger partial charge in [-0.25, -0.2) is 0 Å². The Bertz CT molecular complexity index is 554. The summed E-state index contributed by atoms with van der Waals surface area (Å²) in [5, 5.41) is 2.88. The monoisotopic (exact) mass is 366 g/mol. The molecule has 0 aromatic heterocycles. The first-order valence-corrected chi connectivity index (χ1v) is 8.60. The number of hydrogen-bond acceptors (Lipinski definition) is 2. The van der Waals surface area contributed by atoms with E-state index in [1.54, 1.807) is 11.8 Å². The Balaban J connectivity index is 1.98. The predicted octanol–water partition coefficient (Wildman–Crippen LogP) is 3.88. The third kappa shape index (κ3) is 4.57. The van der Waals surface area contributed by atoms with Crippen LogP contribution >= 0.6 is 15.9 Å². The number of nitrogens with zero attached hydrogens (tertiary/aromatic N) is 1. The van der Waals surface area contributed by atoms with Crippen molar-refractivity contribution in [2.24, 2.45) is 0 Å². The maximum atomic E-state index is 12.2. The minimum atomic E-state index is -0.137. The van der Waals surface area contributed by atoms with Crippen LogP contribution in [0.25, 0.3) is 0 Å². The highest BCUT2D eigenvalue weighted by atomic mass is 79.9. The molecule has 0 radical (unpaired) electrons. The molecule has 0 spiro atoms. The quantitative estimate of drug-likeness (QED) is 0.878. The van der Waals surface area contributed by atoms with E-state index in [0.717, 1.165) is 41.4 Å². The van der Waals surface area contributed by atoms with Gasteiger partial charge < -0.3 is 10.2 Å². The summed E-state index contributed by atoms with van der Waals surface area (Å²) in [7, 11) is 0. The van der Waals surface area contributed by atoms with Crippen LogP contribution in [0.5, 0.6) is 0 Å². The zero-order chi connectivity index (χ0) is 16.1. The molecule has 0 heterocycles. The maximum absolute atomic E-state index is 12.2. The molecule has 2 rings (SSSR count). The standard InChI is InChI=1S/C17H23BrN2O2/c1-12-10-14(8-9-16(12)18)19-17(22)11-20(13(2)21)15-6-4-3-5-7-15/h8-10,15H,3-7,11H2,1-2H3,(H,19,22). The van der Waals surface area contributed by atoms with Crippen molar-refractivity contribution in [2.75, 3.05) is 11.9 Å². The molecule has 1 fully saturated rings. The molecule has 1 aliphatic rings. The molecule has 0 aliphatic heterocycles. The number of anilines is 1. The van der Waals surface area contributed by atoms with Gasteiger partial charge in [-0.15, -0.1) is 0 Å². The average molecular weight is 367 g/mol. The molecule has 22 heavy (non-hydrogen) atoms. The van der Waals surface area contributed by atoms with Gasteiger partial charge in [0.05, 0.1) is 0 Å². The molecule has 5 heteroatoms. The van der Waals surface area contributed by atoms with Gasteiger partial charge in [0.2, 0.25) is 11.8 Å². The van der Waals surface area contributed by atoms with Crippen molar-refractivity contribution in [1.82, 2.24) is 4.90 Å². The van der Waals surface area contributed by atoms with Crippen LogP contribution in [-0.4, -0.2) is 29.3 Å². The summed E-state index contributed by atoms with van der Waals surface area (Å²) in [6.45, 7) is 3.66. The molecule has 1 aromatic rings. The Morgan fingerprint density at radius 2 is 1.95 bits per heavy atom. The third-order valence-corrected chi connectivity index (χ3v) is 5.07. The molecule has 1 saturated carbocycles. The lowest BCUT2D eigenvalue weighted by atomic mass is 9.94. The zero-order valence-electron chi connectivity index (χ0n) is 13.2. The number of halogens is 1. The van der Waals surface area contributed by atoms with Crippen LogP contribution < -0.4 is 5.32 Å². The molecule has 1 N–H and O–H groups in total. The maximum Gasteiger partial charge on any atom is 0.244 e. The van der Waals surface area contributed by atoms with E-state index in [4.69, 9.17) is 0 Å². The van der Waals surface area contributed by atoms with Gasteiger partial charge in [0.1, 0.15) is 6.54 Å². The zero-order valence-corrected chi connectivity index (χ0v) is 14.8. The summed E-state index contributed by atoms with van der Waals surface area (Å²) >= 11 is 3.44. The highest BCUT2D eigenvalue weighted by Gasteiger charge is 2.25. The molecule has 0 unspecified atom stereocenters. The number of amides is 2. The molecule has 0 atom stereocenters. The van der Waals surface area contributed by atoms with Gasteiger partial charge in [-0.1, -0.05) is 35.2 Å². The van der Waals surface area contributed by atoms with Crippen molar-refractivity contribution >= 4 is 33.4 Å². The van der Waals surface area contributed by atoms with Crippen LogP contribution in [0.3, 0.4) is 0 Å². The molecular formula is C17H23BrN2O2. The van der Waals surface area contributed by atoms with Crippen molar-refractivity contribution in [1.29, 1.82) is 0 Å². The van der Waals surface area contributed by atoms with E-state index < -0.39 is 0 Å². The van der Waals surface area contributed by atoms with Gasteiger partial charge in [0, 0.05) is 23.1 Å². The molecule has 2 amide bonds. The lowest BCUT2D eigenvalue weighted by Gasteiger charge is -2.33. The van der Waals surface area contributed by atoms with Crippen LogP contribution in [0.1, 0.15) is 44.6 Å². The van der Waals surface area contributed by atoms with Gasteiger partial charge in [0.15, 0.2) is 0 Å². The first-order chi connectivity index (χ1) is 10.5. The van der Waals surface area contributed by atoms with Crippen molar-refractivity contribution in [3.05, 3.63) is 28.2 Å². The van der Waals surface area contributed by atoms with E-state index >= 15 is 0 Å². The van der Waals surface area contributed by atoms with Crippen molar-refractivity contribution < 1.29 is 9.59 Å². The van der Waals surface area contributed by atoms with Crippen LogP contribution in [-0.2, 0) is 9.59 Å². The van der Waals surface area contributed by atoms with Crippen LogP contribution in [0.2, 0.25) is 0 Å². The summed E-state index contributed by atoms with van der Waals surface area (Å²) in [6, 6.07) is 5.90. The molecule has 1 aromatic carbocycles. The highest BCUT2D eigenvalue weighted by Crippen LogP contribution is 2.23. The number of carbonyl (C=O) groups is 2. The summed E-state index contributed by atoms with van der Waals surface area (Å²) in [4.78, 5) is 25.8. The van der Waals surface area contributed by atoms with E-state index in [2.05, 4.69) is 21.2 Å². The molecule has 4 nitrogen and oxygen atoms in total. The predicted molar refractivity (Wildman–Crippen MR) is 91.8 cm³/mol. The van der Waals surface area contributed by atoms with Gasteiger partial charge in [0.25, 0.3) is 0 Å². The first kappa shape index (κ1) is 17.0. The van der Waals surface area contributed by atoms with E-state index in [-0.39, 0.29) is 24.4 Å². The van der Waals surface area contributed by atoms with Crippen molar-refractivity contribution in [2.45, 2.75) is 52.0 Å². The average Bonchev–Trinajstić information content (AvgIpc) is 2.49. The van der Waals surface area contributed by atoms with E-state index in [0.29, 0.717) is 0 Å². The fraction of sp³-hybridized carbons (Fsp3) is 0.529. The summed E-state index contributed by atoms with van der Waals surface area (Å²) in [5.41, 5.74) is 1.83. The largest absolute Gasteiger partial charge is 0.331 e. The molecule has 120 valence electrons. The Kier molecular flexibility index (Phi) is 6.00. The van der Waals surface area contributed by atoms with E-state index in [1.165, 1.54) is 6.42 Å². The second-order valence-electron chi connectivity index (χ2n) is 5.95. The summed E-state index contributed by atoms with van der Waals surface area (Å²) in [5.74, 6) is -0.156. The lowest BCUT2D eigenvalue weighted by Crippen LogP contribution is -2.44. The van der Waals surface area contributed by atoms with Crippen LogP contribution in [0.15, 0.2) is 22.7 Å². The lowest BCUT2D eigenvalue weighted by molar-refractivity contribution is -0.135. The minimum absolute atomic E-state index is 0.0194. The SMILES string of the molecule is CC(=O)N(CC(=O)Nc1ccc(Br)c(C)c1)C1CCCCC1. The number of aryl methyl sites for hydroxylation is 1. The first-order valence-electron chi connectivity index (χ1n) is 7.80. The van der Waals surface area contributed by atoms with E-state index in [9.17, 15) is 9.59 Å². The molecular weight excluding hydrogens is 344 g/mol. The van der Waals surface area contributed by atoms with E-state index in [1.807, 2.05) is 25.1 Å². The van der Waals surface area contributed by atoms with Crippen LogP contribution in [0.4, 0.5) is 5.69 Å². The normalized spacial score (nSPS) is 15.4. The van der Waals surface area contributed by atoms with Gasteiger partial charge in [-0.3, -0.25) is 9.59 Å². The Hall–Kier alpha value is -1.36. The van der Waals surface area contributed by atoms with Gasteiger partial charge in [-0.05, 0) is 43.5 Å². The van der Waals surface area contributed by atoms with Crippen molar-refractivity contribution in [3.8, 4) is 0 Å². The third-order valence-electron chi connectivity index (χ3n) is 4.18. The second-order valence-corrected chi connectivity index (χ2v) is 6.81. The summed E-state index contributed by atoms with van der Waals surface area (Å²) in [6.07, 6.45) is 5.52. The summed E-state index contributed by atoms with van der Waals surface area (Å²) < 4.78 is 1.01. The highest BCUT2D eigenvalue weighted by molar-refractivity contribution is 9.10. The van der Waals surface area contributed by atoms with Gasteiger partial charge in [-0.2, -0.15) is 0 Å². The van der Waals surface area contributed by atoms with Crippen LogP contribution in [0, 0.1) is 6.92 Å². The molecule has 0 bridgehead atoms. The van der Waals surface area contributed by atoms with Gasteiger partial charge >= 0.3 is 0 Å². The Morgan fingerprint density at radius 1 is 1.27 bits per heavy atom. The number of hydrogen-bond donors (Lipinski definition) is 1. The fourth-order valence-corrected chi connectivity index (χ4v) is 3.21. The van der Waals surface area contributed by atoms with Crippen molar-refractivity contribution in [3.63, 3.8) is 0 Å². The molecule has 1 aliphatic carbocycles. The number of rotatable bonds is 4. The number of benzene rings is 1. The second kappa shape index (κ2) is 7.77. The number of nitrogens with one attached hydrogen (secondary N) is 1. The topological polar surface area (TPSA) is 49.4 Å². The Labute approximate surface area is 140 Å². The fourth-order valence-electron chi connectivity index (χ4n) is 2.97. The molecule has 0 saturated heterocycles. The Morgan fingerprint density at radius 3 is 2.55 bits per heavy atom. The smallest absolute Gasteiger partial charge is 0.244 e. The number of carbonyl (C=O) groups excluding carboxylic acids is 2. The minimum Gasteiger partial charge on any atom is -0.331 e.